The molecule has 0 unspecified atom stereocenters. The first-order valence-electron chi connectivity index (χ1n) is 8.58. The first-order valence-corrected chi connectivity index (χ1v) is 8.58. The molecular formula is C21H23NO3. The zero-order valence-electron chi connectivity index (χ0n) is 15.1. The van der Waals surface area contributed by atoms with E-state index in [1.165, 1.54) is 0 Å². The first kappa shape index (κ1) is 17.2. The number of rotatable bonds is 3. The minimum atomic E-state index is -0.832. The number of amides is 1. The van der Waals surface area contributed by atoms with Gasteiger partial charge in [0, 0.05) is 11.7 Å². The van der Waals surface area contributed by atoms with Gasteiger partial charge in [-0.3, -0.25) is 4.79 Å². The Balaban J connectivity index is 1.77. The summed E-state index contributed by atoms with van der Waals surface area (Å²) in [6, 6.07) is 13.4. The van der Waals surface area contributed by atoms with Gasteiger partial charge in [0.2, 0.25) is 0 Å². The molecule has 1 aliphatic heterocycles. The third-order valence-electron chi connectivity index (χ3n) is 4.90. The van der Waals surface area contributed by atoms with E-state index in [0.717, 1.165) is 28.8 Å². The van der Waals surface area contributed by atoms with Crippen molar-refractivity contribution in [3.05, 3.63) is 64.7 Å². The number of benzene rings is 2. The standard InChI is InChI=1S/C21H23NO3/c1-13-8-7-10-18(15(13)3)21(24)25-16(4)20(23)22-14(2)12-17-9-5-6-11-19(17)22/h5-11,14,16H,12H2,1-4H3/t14-,16-/m0/s1. The molecule has 0 fully saturated rings. The van der Waals surface area contributed by atoms with E-state index in [9.17, 15) is 9.59 Å². The summed E-state index contributed by atoms with van der Waals surface area (Å²) in [4.78, 5) is 27.1. The van der Waals surface area contributed by atoms with E-state index < -0.39 is 12.1 Å². The monoisotopic (exact) mass is 337 g/mol. The lowest BCUT2D eigenvalue weighted by molar-refractivity contribution is -0.126. The van der Waals surface area contributed by atoms with Gasteiger partial charge < -0.3 is 9.64 Å². The van der Waals surface area contributed by atoms with E-state index in [1.807, 2.05) is 57.2 Å². The summed E-state index contributed by atoms with van der Waals surface area (Å²) in [5.41, 5.74) is 4.48. The predicted octanol–water partition coefficient (Wildman–Crippen LogP) is 3.83. The molecule has 0 aliphatic carbocycles. The third kappa shape index (κ3) is 3.16. The van der Waals surface area contributed by atoms with E-state index in [4.69, 9.17) is 4.74 Å². The predicted molar refractivity (Wildman–Crippen MR) is 97.9 cm³/mol. The SMILES string of the molecule is Cc1cccc(C(=O)O[C@@H](C)C(=O)N2c3ccccc3C[C@@H]2C)c1C. The molecule has 1 aliphatic rings. The minimum Gasteiger partial charge on any atom is -0.449 e. The van der Waals surface area contributed by atoms with Crippen molar-refractivity contribution in [1.29, 1.82) is 0 Å². The summed E-state index contributed by atoms with van der Waals surface area (Å²) >= 11 is 0. The van der Waals surface area contributed by atoms with Crippen LogP contribution in [-0.2, 0) is 16.0 Å². The van der Waals surface area contributed by atoms with Crippen LogP contribution in [0.5, 0.6) is 0 Å². The van der Waals surface area contributed by atoms with Crippen LogP contribution < -0.4 is 4.90 Å². The Bertz CT molecular complexity index is 828. The number of esters is 1. The topological polar surface area (TPSA) is 46.6 Å². The molecule has 4 heteroatoms. The molecule has 0 saturated heterocycles. The number of carbonyl (C=O) groups is 2. The van der Waals surface area contributed by atoms with Crippen molar-refractivity contribution in [3.63, 3.8) is 0 Å². The van der Waals surface area contributed by atoms with E-state index >= 15 is 0 Å². The molecule has 3 rings (SSSR count). The van der Waals surface area contributed by atoms with Gasteiger partial charge in [-0.1, -0.05) is 30.3 Å². The Labute approximate surface area is 148 Å². The fourth-order valence-electron chi connectivity index (χ4n) is 3.34. The molecule has 130 valence electrons. The second kappa shape index (κ2) is 6.71. The Morgan fingerprint density at radius 2 is 1.84 bits per heavy atom. The molecule has 2 aromatic carbocycles. The van der Waals surface area contributed by atoms with Crippen LogP contribution in [0.4, 0.5) is 5.69 Å². The van der Waals surface area contributed by atoms with Crippen molar-refractivity contribution < 1.29 is 14.3 Å². The van der Waals surface area contributed by atoms with Gasteiger partial charge in [-0.2, -0.15) is 0 Å². The smallest absolute Gasteiger partial charge is 0.339 e. The van der Waals surface area contributed by atoms with Gasteiger partial charge in [-0.15, -0.1) is 0 Å². The molecular weight excluding hydrogens is 314 g/mol. The molecule has 0 radical (unpaired) electrons. The second-order valence-corrected chi connectivity index (χ2v) is 6.69. The van der Waals surface area contributed by atoms with Crippen molar-refractivity contribution in [2.75, 3.05) is 4.90 Å². The van der Waals surface area contributed by atoms with Crippen molar-refractivity contribution in [2.45, 2.75) is 46.3 Å². The van der Waals surface area contributed by atoms with Crippen LogP contribution in [0.1, 0.15) is 40.9 Å². The third-order valence-corrected chi connectivity index (χ3v) is 4.90. The highest BCUT2D eigenvalue weighted by Crippen LogP contribution is 2.32. The number of nitrogens with zero attached hydrogens (tertiary/aromatic N) is 1. The highest BCUT2D eigenvalue weighted by molar-refractivity contribution is 6.01. The molecule has 1 heterocycles. The fraction of sp³-hybridized carbons (Fsp3) is 0.333. The zero-order chi connectivity index (χ0) is 18.1. The average molecular weight is 337 g/mol. The van der Waals surface area contributed by atoms with E-state index in [-0.39, 0.29) is 11.9 Å². The van der Waals surface area contributed by atoms with Crippen LogP contribution in [-0.4, -0.2) is 24.0 Å². The summed E-state index contributed by atoms with van der Waals surface area (Å²) in [6.07, 6.45) is -0.0134. The highest BCUT2D eigenvalue weighted by Gasteiger charge is 2.34. The van der Waals surface area contributed by atoms with Gasteiger partial charge in [-0.25, -0.2) is 4.79 Å². The van der Waals surface area contributed by atoms with Gasteiger partial charge in [0.05, 0.1) is 5.56 Å². The molecule has 0 bridgehead atoms. The van der Waals surface area contributed by atoms with E-state index in [0.29, 0.717) is 5.56 Å². The van der Waals surface area contributed by atoms with Crippen LogP contribution in [0.2, 0.25) is 0 Å². The summed E-state index contributed by atoms with van der Waals surface area (Å²) in [6.45, 7) is 7.48. The van der Waals surface area contributed by atoms with Crippen LogP contribution in [0.3, 0.4) is 0 Å². The van der Waals surface area contributed by atoms with Crippen molar-refractivity contribution >= 4 is 17.6 Å². The van der Waals surface area contributed by atoms with Gasteiger partial charge >= 0.3 is 5.97 Å². The molecule has 1 amide bonds. The Hall–Kier alpha value is -2.62. The first-order chi connectivity index (χ1) is 11.9. The number of aryl methyl sites for hydroxylation is 1. The van der Waals surface area contributed by atoms with E-state index in [2.05, 4.69) is 0 Å². The average Bonchev–Trinajstić information content (AvgIpc) is 2.92. The van der Waals surface area contributed by atoms with Crippen LogP contribution in [0.25, 0.3) is 0 Å². The molecule has 2 atom stereocenters. The minimum absolute atomic E-state index is 0.0618. The van der Waals surface area contributed by atoms with Crippen molar-refractivity contribution in [2.24, 2.45) is 0 Å². The number of anilines is 1. The molecule has 2 aromatic rings. The highest BCUT2D eigenvalue weighted by atomic mass is 16.5. The number of fused-ring (bicyclic) bond motifs is 1. The molecule has 0 spiro atoms. The molecule has 4 nitrogen and oxygen atoms in total. The normalized spacial score (nSPS) is 17.1. The Morgan fingerprint density at radius 3 is 2.60 bits per heavy atom. The number of para-hydroxylation sites is 1. The Morgan fingerprint density at radius 1 is 1.12 bits per heavy atom. The lowest BCUT2D eigenvalue weighted by Gasteiger charge is -2.26. The summed E-state index contributed by atoms with van der Waals surface area (Å²) < 4.78 is 5.48. The maximum absolute atomic E-state index is 12.9. The summed E-state index contributed by atoms with van der Waals surface area (Å²) in [5.74, 6) is -0.640. The number of carbonyl (C=O) groups excluding carboxylic acids is 2. The summed E-state index contributed by atoms with van der Waals surface area (Å²) in [7, 11) is 0. The maximum Gasteiger partial charge on any atom is 0.339 e. The number of hydrogen-bond donors (Lipinski definition) is 0. The van der Waals surface area contributed by atoms with Crippen LogP contribution >= 0.6 is 0 Å². The van der Waals surface area contributed by atoms with Crippen LogP contribution in [0, 0.1) is 13.8 Å². The molecule has 0 N–H and O–H groups in total. The second-order valence-electron chi connectivity index (χ2n) is 6.69. The molecule has 25 heavy (non-hydrogen) atoms. The number of ether oxygens (including phenoxy) is 1. The van der Waals surface area contributed by atoms with Gasteiger partial charge in [0.15, 0.2) is 6.10 Å². The zero-order valence-corrected chi connectivity index (χ0v) is 15.1. The van der Waals surface area contributed by atoms with Gasteiger partial charge in [0.1, 0.15) is 0 Å². The van der Waals surface area contributed by atoms with Crippen molar-refractivity contribution in [3.8, 4) is 0 Å². The van der Waals surface area contributed by atoms with Crippen LogP contribution in [0.15, 0.2) is 42.5 Å². The largest absolute Gasteiger partial charge is 0.449 e. The quantitative estimate of drug-likeness (QED) is 0.800. The van der Waals surface area contributed by atoms with Gasteiger partial charge in [0.25, 0.3) is 5.91 Å². The number of hydrogen-bond acceptors (Lipinski definition) is 3. The fourth-order valence-corrected chi connectivity index (χ4v) is 3.34. The van der Waals surface area contributed by atoms with Gasteiger partial charge in [-0.05, 0) is 62.9 Å². The Kier molecular flexibility index (Phi) is 4.62. The summed E-state index contributed by atoms with van der Waals surface area (Å²) in [5, 5.41) is 0. The maximum atomic E-state index is 12.9. The lowest BCUT2D eigenvalue weighted by Crippen LogP contribution is -2.43. The lowest BCUT2D eigenvalue weighted by atomic mass is 10.0. The van der Waals surface area contributed by atoms with E-state index in [1.54, 1.807) is 17.9 Å². The molecule has 0 saturated carbocycles. The van der Waals surface area contributed by atoms with Crippen molar-refractivity contribution in [1.82, 2.24) is 0 Å². The molecule has 0 aromatic heterocycles.